The van der Waals surface area contributed by atoms with Gasteiger partial charge in [0.1, 0.15) is 5.75 Å². The molecule has 1 aliphatic rings. The van der Waals surface area contributed by atoms with Crippen LogP contribution >= 0.6 is 55.8 Å². The van der Waals surface area contributed by atoms with Gasteiger partial charge in [-0.15, -0.1) is 0 Å². The van der Waals surface area contributed by atoms with Crippen molar-refractivity contribution in [3.63, 3.8) is 0 Å². The van der Waals surface area contributed by atoms with E-state index in [-0.39, 0.29) is 14.9 Å². The van der Waals surface area contributed by atoms with Crippen molar-refractivity contribution in [2.45, 2.75) is 6.18 Å². The molecule has 0 radical (unpaired) electrons. The lowest BCUT2D eigenvalue weighted by Gasteiger charge is -2.16. The van der Waals surface area contributed by atoms with Gasteiger partial charge in [0.2, 0.25) is 0 Å². The summed E-state index contributed by atoms with van der Waals surface area (Å²) >= 11 is 13.0. The second kappa shape index (κ2) is 8.17. The zero-order valence-corrected chi connectivity index (χ0v) is 18.8. The molecule has 0 aliphatic carbocycles. The Hall–Kier alpha value is -1.36. The Morgan fingerprint density at radius 2 is 1.93 bits per heavy atom. The highest BCUT2D eigenvalue weighted by atomic mass is 79.9. The van der Waals surface area contributed by atoms with Gasteiger partial charge < -0.3 is 4.74 Å². The number of anilines is 1. The van der Waals surface area contributed by atoms with Crippen LogP contribution in [0.25, 0.3) is 6.08 Å². The van der Waals surface area contributed by atoms with E-state index < -0.39 is 17.6 Å². The maximum absolute atomic E-state index is 13.0. The van der Waals surface area contributed by atoms with E-state index in [0.717, 1.165) is 33.3 Å². The first-order chi connectivity index (χ1) is 13.1. The zero-order chi connectivity index (χ0) is 20.6. The molecule has 1 saturated heterocycles. The number of benzene rings is 2. The molecule has 1 aliphatic heterocycles. The summed E-state index contributed by atoms with van der Waals surface area (Å²) in [4.78, 5) is 14.2. The zero-order valence-electron chi connectivity index (χ0n) is 14.0. The summed E-state index contributed by atoms with van der Waals surface area (Å²) in [5, 5.41) is 0. The standard InChI is InChI=1S/C18H10Br2F3NO2S2/c1-26-15-9(5-11(19)8-13(15)20)6-14-16(25)24(17(27)28-14)12-4-2-3-10(7-12)18(21,22)23/h2-8H,1H3/b14-6+. The van der Waals surface area contributed by atoms with Crippen molar-refractivity contribution < 1.29 is 22.7 Å². The number of methoxy groups -OCH3 is 1. The molecule has 1 amide bonds. The average molecular weight is 553 g/mol. The molecule has 0 atom stereocenters. The van der Waals surface area contributed by atoms with Crippen molar-refractivity contribution in [3.05, 3.63) is 61.4 Å². The number of alkyl halides is 3. The Balaban J connectivity index is 2.01. The third kappa shape index (κ3) is 4.29. The maximum atomic E-state index is 13.0. The van der Waals surface area contributed by atoms with Crippen LogP contribution in [-0.2, 0) is 11.0 Å². The Kier molecular flexibility index (Phi) is 6.23. The summed E-state index contributed by atoms with van der Waals surface area (Å²) in [5.74, 6) is 0.0278. The van der Waals surface area contributed by atoms with Crippen molar-refractivity contribution >= 4 is 77.8 Å². The molecular formula is C18H10Br2F3NO2S2. The Labute approximate surface area is 185 Å². The number of carbonyl (C=O) groups excluding carboxylic acids is 1. The number of carbonyl (C=O) groups is 1. The molecular weight excluding hydrogens is 543 g/mol. The topological polar surface area (TPSA) is 29.5 Å². The van der Waals surface area contributed by atoms with Crippen molar-refractivity contribution in [2.75, 3.05) is 12.0 Å². The van der Waals surface area contributed by atoms with Gasteiger partial charge in [-0.2, -0.15) is 13.2 Å². The molecule has 3 nitrogen and oxygen atoms in total. The van der Waals surface area contributed by atoms with Crippen LogP contribution in [-0.4, -0.2) is 17.3 Å². The summed E-state index contributed by atoms with van der Waals surface area (Å²) in [6.45, 7) is 0. The summed E-state index contributed by atoms with van der Waals surface area (Å²) in [7, 11) is 1.50. The fourth-order valence-electron chi connectivity index (χ4n) is 2.56. The van der Waals surface area contributed by atoms with Gasteiger partial charge in [0.25, 0.3) is 5.91 Å². The lowest BCUT2D eigenvalue weighted by Crippen LogP contribution is -2.27. The lowest BCUT2D eigenvalue weighted by atomic mass is 10.1. The monoisotopic (exact) mass is 551 g/mol. The van der Waals surface area contributed by atoms with Gasteiger partial charge in [-0.25, -0.2) is 0 Å². The normalized spacial score (nSPS) is 16.2. The van der Waals surface area contributed by atoms with E-state index in [9.17, 15) is 18.0 Å². The highest BCUT2D eigenvalue weighted by Crippen LogP contribution is 2.40. The molecule has 0 aromatic heterocycles. The predicted molar refractivity (Wildman–Crippen MR) is 115 cm³/mol. The molecule has 0 saturated carbocycles. The van der Waals surface area contributed by atoms with Crippen LogP contribution in [0.1, 0.15) is 11.1 Å². The minimum atomic E-state index is -4.51. The molecule has 3 rings (SSSR count). The fourth-order valence-corrected chi connectivity index (χ4v) is 5.27. The molecule has 0 spiro atoms. The maximum Gasteiger partial charge on any atom is 0.416 e. The largest absolute Gasteiger partial charge is 0.495 e. The number of ether oxygens (including phenoxy) is 1. The van der Waals surface area contributed by atoms with E-state index in [4.69, 9.17) is 17.0 Å². The van der Waals surface area contributed by atoms with Gasteiger partial charge in [0, 0.05) is 10.0 Å². The van der Waals surface area contributed by atoms with Crippen LogP contribution in [0.15, 0.2) is 50.2 Å². The third-order valence-electron chi connectivity index (χ3n) is 3.75. The molecule has 2 aromatic carbocycles. The molecule has 10 heteroatoms. The summed E-state index contributed by atoms with van der Waals surface area (Å²) in [6.07, 6.45) is -2.91. The third-order valence-corrected chi connectivity index (χ3v) is 6.10. The second-order valence-corrected chi connectivity index (χ2v) is 9.02. The highest BCUT2D eigenvalue weighted by Gasteiger charge is 2.36. The number of hydrogen-bond acceptors (Lipinski definition) is 4. The first kappa shape index (κ1) is 21.4. The Morgan fingerprint density at radius 3 is 2.57 bits per heavy atom. The average Bonchev–Trinajstić information content (AvgIpc) is 2.87. The van der Waals surface area contributed by atoms with E-state index in [2.05, 4.69) is 31.9 Å². The van der Waals surface area contributed by atoms with Crippen molar-refractivity contribution in [2.24, 2.45) is 0 Å². The smallest absolute Gasteiger partial charge is 0.416 e. The first-order valence-corrected chi connectivity index (χ1v) is 10.4. The van der Waals surface area contributed by atoms with Gasteiger partial charge in [-0.3, -0.25) is 9.69 Å². The quantitative estimate of drug-likeness (QED) is 0.315. The molecule has 0 bridgehead atoms. The predicted octanol–water partition coefficient (Wildman–Crippen LogP) is 6.64. The van der Waals surface area contributed by atoms with Crippen LogP contribution in [0, 0.1) is 0 Å². The van der Waals surface area contributed by atoms with E-state index in [1.54, 1.807) is 18.2 Å². The second-order valence-electron chi connectivity index (χ2n) is 5.58. The lowest BCUT2D eigenvalue weighted by molar-refractivity contribution is -0.137. The highest BCUT2D eigenvalue weighted by molar-refractivity contribution is 9.11. The summed E-state index contributed by atoms with van der Waals surface area (Å²) < 4.78 is 46.0. The van der Waals surface area contributed by atoms with Crippen molar-refractivity contribution in [1.29, 1.82) is 0 Å². The molecule has 146 valence electrons. The van der Waals surface area contributed by atoms with Crippen molar-refractivity contribution in [1.82, 2.24) is 0 Å². The SMILES string of the molecule is COc1c(Br)cc(Br)cc1/C=C1/SC(=S)N(c2cccc(C(F)(F)F)c2)C1=O. The number of hydrogen-bond donors (Lipinski definition) is 0. The van der Waals surface area contributed by atoms with Crippen LogP contribution in [0.4, 0.5) is 18.9 Å². The van der Waals surface area contributed by atoms with Crippen LogP contribution in [0.5, 0.6) is 5.75 Å². The molecule has 1 heterocycles. The van der Waals surface area contributed by atoms with E-state index in [0.29, 0.717) is 15.8 Å². The summed E-state index contributed by atoms with van der Waals surface area (Å²) in [5.41, 5.74) is -0.156. The van der Waals surface area contributed by atoms with Gasteiger partial charge in [0.15, 0.2) is 4.32 Å². The summed E-state index contributed by atoms with van der Waals surface area (Å²) in [6, 6.07) is 8.07. The molecule has 0 unspecified atom stereocenters. The number of halogens is 5. The number of amides is 1. The van der Waals surface area contributed by atoms with Crippen LogP contribution < -0.4 is 9.64 Å². The molecule has 1 fully saturated rings. The number of thioether (sulfide) groups is 1. The van der Waals surface area contributed by atoms with Crippen LogP contribution in [0.2, 0.25) is 0 Å². The van der Waals surface area contributed by atoms with Crippen molar-refractivity contribution in [3.8, 4) is 5.75 Å². The van der Waals surface area contributed by atoms with Crippen LogP contribution in [0.3, 0.4) is 0 Å². The van der Waals surface area contributed by atoms with E-state index >= 15 is 0 Å². The minimum absolute atomic E-state index is 0.0723. The number of nitrogens with zero attached hydrogens (tertiary/aromatic N) is 1. The first-order valence-electron chi connectivity index (χ1n) is 7.60. The molecule has 2 aromatic rings. The minimum Gasteiger partial charge on any atom is -0.495 e. The number of thiocarbonyl (C=S) groups is 1. The molecule has 0 N–H and O–H groups in total. The van der Waals surface area contributed by atoms with Gasteiger partial charge >= 0.3 is 6.18 Å². The molecule has 28 heavy (non-hydrogen) atoms. The Bertz CT molecular complexity index is 1010. The van der Waals surface area contributed by atoms with Gasteiger partial charge in [0.05, 0.1) is 27.7 Å². The van der Waals surface area contributed by atoms with E-state index in [1.165, 1.54) is 19.2 Å². The fraction of sp³-hybridized carbons (Fsp3) is 0.111. The van der Waals surface area contributed by atoms with Gasteiger partial charge in [-0.05, 0) is 52.3 Å². The van der Waals surface area contributed by atoms with E-state index in [1.807, 2.05) is 0 Å². The Morgan fingerprint density at radius 1 is 1.21 bits per heavy atom. The number of rotatable bonds is 3. The van der Waals surface area contributed by atoms with Gasteiger partial charge in [-0.1, -0.05) is 46.0 Å².